The molecule has 0 radical (unpaired) electrons. The van der Waals surface area contributed by atoms with Crippen LogP contribution >= 0.6 is 0 Å². The monoisotopic (exact) mass is 546 g/mol. The molecule has 6 rings (SSSR count). The highest BCUT2D eigenvalue weighted by Crippen LogP contribution is 2.36. The predicted octanol–water partition coefficient (Wildman–Crippen LogP) is 8.11. The van der Waals surface area contributed by atoms with Gasteiger partial charge in [0.2, 0.25) is 0 Å². The van der Waals surface area contributed by atoms with Gasteiger partial charge in [0, 0.05) is 18.0 Å². The maximum atomic E-state index is 11.6. The van der Waals surface area contributed by atoms with Crippen LogP contribution in [0.1, 0.15) is 59.6 Å². The summed E-state index contributed by atoms with van der Waals surface area (Å²) in [6.45, 7) is 1.10. The molecule has 0 unspecified atom stereocenters. The maximum Gasteiger partial charge on any atom is 0.335 e. The van der Waals surface area contributed by atoms with Crippen molar-refractivity contribution in [3.05, 3.63) is 114 Å². The molecule has 1 heterocycles. The van der Waals surface area contributed by atoms with E-state index in [-0.39, 0.29) is 5.56 Å². The summed E-state index contributed by atoms with van der Waals surface area (Å²) in [4.78, 5) is 16.5. The zero-order chi connectivity index (χ0) is 28.0. The topological polar surface area (TPSA) is 73.6 Å². The van der Waals surface area contributed by atoms with Gasteiger partial charge in [-0.2, -0.15) is 0 Å². The molecule has 41 heavy (non-hydrogen) atoms. The lowest BCUT2D eigenvalue weighted by Gasteiger charge is -2.25. The first kappa shape index (κ1) is 26.6. The van der Waals surface area contributed by atoms with Gasteiger partial charge < -0.3 is 19.1 Å². The first-order valence-corrected chi connectivity index (χ1v) is 14.4. The minimum atomic E-state index is -0.936. The molecule has 0 bridgehead atoms. The van der Waals surface area contributed by atoms with Crippen LogP contribution in [0, 0.1) is 0 Å². The third-order valence-corrected chi connectivity index (χ3v) is 7.80. The molecule has 6 heteroatoms. The van der Waals surface area contributed by atoms with Crippen molar-refractivity contribution in [2.45, 2.75) is 51.2 Å². The molecule has 4 aromatic carbocycles. The van der Waals surface area contributed by atoms with Crippen LogP contribution in [-0.2, 0) is 13.0 Å². The summed E-state index contributed by atoms with van der Waals surface area (Å²) >= 11 is 0. The molecule has 6 nitrogen and oxygen atoms in total. The molecule has 1 fully saturated rings. The average Bonchev–Trinajstić information content (AvgIpc) is 3.40. The van der Waals surface area contributed by atoms with Crippen LogP contribution in [0.3, 0.4) is 0 Å². The van der Waals surface area contributed by atoms with E-state index in [1.807, 2.05) is 60.7 Å². The first-order valence-electron chi connectivity index (χ1n) is 14.4. The Labute approximate surface area is 240 Å². The highest BCUT2D eigenvalue weighted by Gasteiger charge is 2.23. The fraction of sp³-hybridized carbons (Fsp3) is 0.257. The van der Waals surface area contributed by atoms with Gasteiger partial charge >= 0.3 is 5.97 Å². The fourth-order valence-electron chi connectivity index (χ4n) is 5.66. The molecule has 208 valence electrons. The number of nitrogens with zero attached hydrogens (tertiary/aromatic N) is 2. The van der Waals surface area contributed by atoms with Gasteiger partial charge in [0.1, 0.15) is 23.9 Å². The fourth-order valence-corrected chi connectivity index (χ4v) is 5.66. The number of benzene rings is 4. The predicted molar refractivity (Wildman–Crippen MR) is 161 cm³/mol. The maximum absolute atomic E-state index is 11.6. The Bertz CT molecular complexity index is 1620. The van der Waals surface area contributed by atoms with Crippen molar-refractivity contribution < 1.29 is 19.4 Å². The van der Waals surface area contributed by atoms with Crippen LogP contribution in [0.2, 0.25) is 0 Å². The van der Waals surface area contributed by atoms with Crippen LogP contribution in [0.4, 0.5) is 0 Å². The number of hydrogen-bond donors (Lipinski definition) is 1. The number of fused-ring (bicyclic) bond motifs is 1. The van der Waals surface area contributed by atoms with E-state index in [9.17, 15) is 9.90 Å². The summed E-state index contributed by atoms with van der Waals surface area (Å²) in [5.41, 5.74) is 5.28. The van der Waals surface area contributed by atoms with E-state index in [2.05, 4.69) is 28.8 Å². The SMILES string of the molecule is O=C(O)c1ccc2c(c1)nc(-c1ccc(OCCc3cccc(OCc4ccccc4)c3)cc1)n2C1CCCCC1. The van der Waals surface area contributed by atoms with Crippen LogP contribution in [0.15, 0.2) is 97.1 Å². The number of carbonyl (C=O) groups is 1. The minimum absolute atomic E-state index is 0.259. The third-order valence-electron chi connectivity index (χ3n) is 7.80. The van der Waals surface area contributed by atoms with Crippen molar-refractivity contribution in [2.24, 2.45) is 0 Å². The second-order valence-electron chi connectivity index (χ2n) is 10.7. The highest BCUT2D eigenvalue weighted by molar-refractivity contribution is 5.93. The summed E-state index contributed by atoms with van der Waals surface area (Å²) in [7, 11) is 0. The smallest absolute Gasteiger partial charge is 0.335 e. The summed E-state index contributed by atoms with van der Waals surface area (Å²) in [5, 5.41) is 9.49. The van der Waals surface area contributed by atoms with Crippen LogP contribution in [-0.4, -0.2) is 27.2 Å². The Morgan fingerprint density at radius 3 is 2.37 bits per heavy atom. The number of carboxylic acid groups (broad SMARTS) is 1. The number of carboxylic acids is 1. The van der Waals surface area contributed by atoms with Gasteiger partial charge in [-0.1, -0.05) is 61.7 Å². The molecule has 1 aliphatic rings. The Hall–Kier alpha value is -4.58. The van der Waals surface area contributed by atoms with E-state index in [1.165, 1.54) is 19.3 Å². The van der Waals surface area contributed by atoms with Gasteiger partial charge in [-0.15, -0.1) is 0 Å². The van der Waals surface area contributed by atoms with E-state index in [0.717, 1.165) is 64.3 Å². The van der Waals surface area contributed by atoms with Crippen LogP contribution in [0.25, 0.3) is 22.4 Å². The number of rotatable bonds is 10. The average molecular weight is 547 g/mol. The summed E-state index contributed by atoms with van der Waals surface area (Å²) in [6, 6.07) is 32.0. The molecule has 0 aliphatic heterocycles. The van der Waals surface area contributed by atoms with E-state index >= 15 is 0 Å². The minimum Gasteiger partial charge on any atom is -0.493 e. The Morgan fingerprint density at radius 2 is 1.59 bits per heavy atom. The van der Waals surface area contributed by atoms with Gasteiger partial charge in [-0.3, -0.25) is 0 Å². The van der Waals surface area contributed by atoms with Gasteiger partial charge in [0.15, 0.2) is 0 Å². The largest absolute Gasteiger partial charge is 0.493 e. The zero-order valence-electron chi connectivity index (χ0n) is 23.0. The van der Waals surface area contributed by atoms with Crippen LogP contribution < -0.4 is 9.47 Å². The van der Waals surface area contributed by atoms with E-state index in [0.29, 0.717) is 19.3 Å². The van der Waals surface area contributed by atoms with E-state index < -0.39 is 5.97 Å². The number of aromatic nitrogens is 2. The van der Waals surface area contributed by atoms with Crippen molar-refractivity contribution in [1.82, 2.24) is 9.55 Å². The molecule has 1 saturated carbocycles. The summed E-state index contributed by atoms with van der Waals surface area (Å²) < 4.78 is 14.4. The van der Waals surface area contributed by atoms with Gasteiger partial charge in [0.05, 0.1) is 23.2 Å². The lowest BCUT2D eigenvalue weighted by molar-refractivity contribution is 0.0697. The molecule has 1 N–H and O–H groups in total. The lowest BCUT2D eigenvalue weighted by atomic mass is 9.95. The normalized spacial score (nSPS) is 13.8. The quantitative estimate of drug-likeness (QED) is 0.192. The molecular weight excluding hydrogens is 512 g/mol. The molecule has 1 aliphatic carbocycles. The molecular formula is C35H34N2O4. The Morgan fingerprint density at radius 1 is 0.805 bits per heavy atom. The van der Waals surface area contributed by atoms with Crippen molar-refractivity contribution in [1.29, 1.82) is 0 Å². The van der Waals surface area contributed by atoms with Gasteiger partial charge in [-0.25, -0.2) is 9.78 Å². The van der Waals surface area contributed by atoms with Crippen molar-refractivity contribution in [3.63, 3.8) is 0 Å². The number of ether oxygens (including phenoxy) is 2. The second kappa shape index (κ2) is 12.3. The second-order valence-corrected chi connectivity index (χ2v) is 10.7. The van der Waals surface area contributed by atoms with Gasteiger partial charge in [-0.05, 0) is 78.6 Å². The molecule has 0 atom stereocenters. The number of aromatic carboxylic acids is 1. The van der Waals surface area contributed by atoms with Crippen molar-refractivity contribution >= 4 is 17.0 Å². The summed E-state index contributed by atoms with van der Waals surface area (Å²) in [6.07, 6.45) is 6.65. The van der Waals surface area contributed by atoms with Crippen molar-refractivity contribution in [3.8, 4) is 22.9 Å². The number of hydrogen-bond acceptors (Lipinski definition) is 4. The first-order chi connectivity index (χ1) is 20.1. The highest BCUT2D eigenvalue weighted by atomic mass is 16.5. The zero-order valence-corrected chi connectivity index (χ0v) is 23.0. The Balaban J connectivity index is 1.13. The lowest BCUT2D eigenvalue weighted by Crippen LogP contribution is -2.14. The summed E-state index contributed by atoms with van der Waals surface area (Å²) in [5.74, 6) is 1.60. The molecule has 5 aromatic rings. The number of imidazole rings is 1. The van der Waals surface area contributed by atoms with Crippen molar-refractivity contribution in [2.75, 3.05) is 6.61 Å². The van der Waals surface area contributed by atoms with E-state index in [4.69, 9.17) is 14.5 Å². The molecule has 0 saturated heterocycles. The van der Waals surface area contributed by atoms with E-state index in [1.54, 1.807) is 12.1 Å². The van der Waals surface area contributed by atoms with Crippen LogP contribution in [0.5, 0.6) is 11.5 Å². The standard InChI is InChI=1S/C35H34N2O4/c38-35(39)28-16-19-33-32(23-28)36-34(37(33)29-11-5-2-6-12-29)27-14-17-30(18-15-27)40-21-20-25-10-7-13-31(22-25)41-24-26-8-3-1-4-9-26/h1,3-4,7-10,13-19,22-23,29H,2,5-6,11-12,20-21,24H2,(H,38,39). The molecule has 0 spiro atoms. The van der Waals surface area contributed by atoms with Gasteiger partial charge in [0.25, 0.3) is 0 Å². The molecule has 0 amide bonds. The third kappa shape index (κ3) is 6.27. The molecule has 1 aromatic heterocycles. The Kier molecular flexibility index (Phi) is 7.99.